The number of piperidine rings is 1. The highest BCUT2D eigenvalue weighted by atomic mass is 16.5. The summed E-state index contributed by atoms with van der Waals surface area (Å²) in [6.45, 7) is 2.38. The number of esters is 1. The highest BCUT2D eigenvalue weighted by Gasteiger charge is 2.25. The summed E-state index contributed by atoms with van der Waals surface area (Å²) < 4.78 is 5.00. The number of hydrogen-bond acceptors (Lipinski definition) is 6. The van der Waals surface area contributed by atoms with Gasteiger partial charge in [-0.05, 0) is 31.0 Å². The van der Waals surface area contributed by atoms with Gasteiger partial charge in [-0.3, -0.25) is 19.4 Å². The van der Waals surface area contributed by atoms with Crippen molar-refractivity contribution in [1.82, 2.24) is 20.2 Å². The molecular weight excluding hydrogens is 348 g/mol. The Morgan fingerprint density at radius 1 is 1.19 bits per heavy atom. The van der Waals surface area contributed by atoms with Crippen molar-refractivity contribution in [3.05, 3.63) is 54.1 Å². The zero-order valence-corrected chi connectivity index (χ0v) is 14.9. The molecule has 0 unspecified atom stereocenters. The normalized spacial score (nSPS) is 14.5. The van der Waals surface area contributed by atoms with E-state index in [0.717, 1.165) is 0 Å². The minimum absolute atomic E-state index is 0.0270. The van der Waals surface area contributed by atoms with E-state index in [1.807, 2.05) is 0 Å². The lowest BCUT2D eigenvalue weighted by Crippen LogP contribution is -2.46. The number of carbonyl (C=O) groups excluding carboxylic acids is 3. The molecule has 0 atom stereocenters. The van der Waals surface area contributed by atoms with Gasteiger partial charge in [0, 0.05) is 44.0 Å². The summed E-state index contributed by atoms with van der Waals surface area (Å²) in [5, 5.41) is 2.97. The van der Waals surface area contributed by atoms with E-state index in [2.05, 4.69) is 15.3 Å². The first-order chi connectivity index (χ1) is 13.0. The van der Waals surface area contributed by atoms with Crippen LogP contribution >= 0.6 is 0 Å². The Hall–Kier alpha value is -3.29. The second-order valence-electron chi connectivity index (χ2n) is 6.25. The number of likely N-dealkylation sites (tertiary alicyclic amines) is 1. The monoisotopic (exact) mass is 368 g/mol. The van der Waals surface area contributed by atoms with Crippen LogP contribution in [0, 0.1) is 0 Å². The summed E-state index contributed by atoms with van der Waals surface area (Å²) >= 11 is 0. The molecule has 1 N–H and O–H groups in total. The predicted octanol–water partition coefficient (Wildman–Crippen LogP) is 1.44. The Labute approximate surface area is 156 Å². The van der Waals surface area contributed by atoms with E-state index in [-0.39, 0.29) is 17.9 Å². The van der Waals surface area contributed by atoms with Gasteiger partial charge in [-0.2, -0.15) is 0 Å². The summed E-state index contributed by atoms with van der Waals surface area (Å²) in [5.74, 6) is -0.489. The molecule has 1 aromatic heterocycles. The average molecular weight is 368 g/mol. The van der Waals surface area contributed by atoms with E-state index in [1.54, 1.807) is 23.1 Å². The molecule has 8 heteroatoms. The fraction of sp³-hybridized carbons (Fsp3) is 0.316. The molecule has 2 amide bonds. The number of carbonyl (C=O) groups is 3. The van der Waals surface area contributed by atoms with Gasteiger partial charge in [0.05, 0.1) is 6.20 Å². The lowest BCUT2D eigenvalue weighted by molar-refractivity contribution is -0.131. The van der Waals surface area contributed by atoms with Crippen molar-refractivity contribution in [3.63, 3.8) is 0 Å². The van der Waals surface area contributed by atoms with Crippen LogP contribution in [0.1, 0.15) is 40.6 Å². The van der Waals surface area contributed by atoms with Gasteiger partial charge in [-0.25, -0.2) is 4.98 Å². The molecule has 1 fully saturated rings. The Morgan fingerprint density at radius 2 is 1.96 bits per heavy atom. The molecule has 0 spiro atoms. The molecule has 8 nitrogen and oxygen atoms in total. The largest absolute Gasteiger partial charge is 0.427 e. The van der Waals surface area contributed by atoms with Gasteiger partial charge in [0.25, 0.3) is 11.8 Å². The molecule has 0 bridgehead atoms. The molecule has 1 aromatic carbocycles. The Balaban J connectivity index is 1.54. The van der Waals surface area contributed by atoms with Gasteiger partial charge < -0.3 is 15.0 Å². The molecule has 1 aliphatic heterocycles. The Morgan fingerprint density at radius 3 is 2.63 bits per heavy atom. The average Bonchev–Trinajstić information content (AvgIpc) is 2.68. The van der Waals surface area contributed by atoms with Crippen molar-refractivity contribution in [3.8, 4) is 5.75 Å². The number of hydrogen-bond donors (Lipinski definition) is 1. The van der Waals surface area contributed by atoms with Gasteiger partial charge in [-0.1, -0.05) is 6.07 Å². The van der Waals surface area contributed by atoms with Crippen molar-refractivity contribution in [1.29, 1.82) is 0 Å². The molecule has 1 saturated heterocycles. The van der Waals surface area contributed by atoms with Gasteiger partial charge in [0.15, 0.2) is 0 Å². The quantitative estimate of drug-likeness (QED) is 0.647. The number of ether oxygens (including phenoxy) is 1. The summed E-state index contributed by atoms with van der Waals surface area (Å²) in [7, 11) is 0. The van der Waals surface area contributed by atoms with Crippen LogP contribution < -0.4 is 10.1 Å². The minimum atomic E-state index is -0.437. The topological polar surface area (TPSA) is 101 Å². The van der Waals surface area contributed by atoms with Crippen molar-refractivity contribution < 1.29 is 19.1 Å². The SMILES string of the molecule is CC(=O)Oc1cccc(C(=O)NC2CCN(C(=O)c3cnccn3)CC2)c1. The Bertz CT molecular complexity index is 833. The predicted molar refractivity (Wildman–Crippen MR) is 96.2 cm³/mol. The number of aromatic nitrogens is 2. The minimum Gasteiger partial charge on any atom is -0.427 e. The molecule has 0 saturated carbocycles. The third kappa shape index (κ3) is 4.87. The van der Waals surface area contributed by atoms with Crippen LogP contribution in [0.3, 0.4) is 0 Å². The number of nitrogens with one attached hydrogen (secondary N) is 1. The highest BCUT2D eigenvalue weighted by molar-refractivity contribution is 5.95. The maximum atomic E-state index is 12.4. The fourth-order valence-corrected chi connectivity index (χ4v) is 2.93. The van der Waals surface area contributed by atoms with Crippen LogP contribution in [0.15, 0.2) is 42.9 Å². The standard InChI is InChI=1S/C19H20N4O4/c1-13(24)27-16-4-2-3-14(11-16)18(25)22-15-5-9-23(10-6-15)19(26)17-12-20-7-8-21-17/h2-4,7-8,11-12,15H,5-6,9-10H2,1H3,(H,22,25). The number of rotatable bonds is 4. The first-order valence-electron chi connectivity index (χ1n) is 8.67. The van der Waals surface area contributed by atoms with Crippen molar-refractivity contribution in [2.45, 2.75) is 25.8 Å². The summed E-state index contributed by atoms with van der Waals surface area (Å²) in [6.07, 6.45) is 5.77. The van der Waals surface area contributed by atoms with E-state index in [1.165, 1.54) is 31.6 Å². The van der Waals surface area contributed by atoms with E-state index in [9.17, 15) is 14.4 Å². The van der Waals surface area contributed by atoms with E-state index >= 15 is 0 Å². The molecule has 2 aromatic rings. The third-order valence-corrected chi connectivity index (χ3v) is 4.26. The van der Waals surface area contributed by atoms with Gasteiger partial charge in [-0.15, -0.1) is 0 Å². The summed E-state index contributed by atoms with van der Waals surface area (Å²) in [6, 6.07) is 6.45. The second kappa shape index (κ2) is 8.39. The number of benzene rings is 1. The number of amides is 2. The van der Waals surface area contributed by atoms with Crippen molar-refractivity contribution in [2.75, 3.05) is 13.1 Å². The zero-order chi connectivity index (χ0) is 19.2. The maximum absolute atomic E-state index is 12.4. The van der Waals surface area contributed by atoms with Crippen molar-refractivity contribution in [2.24, 2.45) is 0 Å². The molecular formula is C19H20N4O4. The lowest BCUT2D eigenvalue weighted by Gasteiger charge is -2.32. The van der Waals surface area contributed by atoms with Crippen LogP contribution in [-0.4, -0.2) is 51.8 Å². The van der Waals surface area contributed by atoms with E-state index in [4.69, 9.17) is 4.74 Å². The third-order valence-electron chi connectivity index (χ3n) is 4.26. The second-order valence-corrected chi connectivity index (χ2v) is 6.25. The van der Waals surface area contributed by atoms with E-state index < -0.39 is 5.97 Å². The van der Waals surface area contributed by atoms with Gasteiger partial charge in [0.2, 0.25) is 0 Å². The zero-order valence-electron chi connectivity index (χ0n) is 14.9. The van der Waals surface area contributed by atoms with E-state index in [0.29, 0.717) is 42.9 Å². The van der Waals surface area contributed by atoms with Gasteiger partial charge >= 0.3 is 5.97 Å². The smallest absolute Gasteiger partial charge is 0.308 e. The fourth-order valence-electron chi connectivity index (χ4n) is 2.93. The highest BCUT2D eigenvalue weighted by Crippen LogP contribution is 2.16. The first kappa shape index (κ1) is 18.5. The van der Waals surface area contributed by atoms with Crippen LogP contribution in [0.2, 0.25) is 0 Å². The maximum Gasteiger partial charge on any atom is 0.308 e. The molecule has 2 heterocycles. The first-order valence-corrected chi connectivity index (χ1v) is 8.67. The van der Waals surface area contributed by atoms with Crippen LogP contribution in [0.25, 0.3) is 0 Å². The molecule has 0 radical (unpaired) electrons. The van der Waals surface area contributed by atoms with Crippen LogP contribution in [-0.2, 0) is 4.79 Å². The summed E-state index contributed by atoms with van der Waals surface area (Å²) in [5.41, 5.74) is 0.745. The van der Waals surface area contributed by atoms with Crippen LogP contribution in [0.5, 0.6) is 5.75 Å². The van der Waals surface area contributed by atoms with Crippen molar-refractivity contribution >= 4 is 17.8 Å². The van der Waals surface area contributed by atoms with Crippen LogP contribution in [0.4, 0.5) is 0 Å². The molecule has 3 rings (SSSR count). The Kier molecular flexibility index (Phi) is 5.75. The molecule has 140 valence electrons. The lowest BCUT2D eigenvalue weighted by atomic mass is 10.0. The summed E-state index contributed by atoms with van der Waals surface area (Å²) in [4.78, 5) is 45.5. The molecule has 27 heavy (non-hydrogen) atoms. The molecule has 1 aliphatic rings. The molecule has 0 aliphatic carbocycles. The number of nitrogens with zero attached hydrogens (tertiary/aromatic N) is 3. The van der Waals surface area contributed by atoms with Gasteiger partial charge in [0.1, 0.15) is 11.4 Å².